The predicted molar refractivity (Wildman–Crippen MR) is 83.9 cm³/mol. The lowest BCUT2D eigenvalue weighted by Gasteiger charge is -2.12. The van der Waals surface area contributed by atoms with Gasteiger partial charge in [0.2, 0.25) is 0 Å². The number of nitrogens with zero attached hydrogens (tertiary/aromatic N) is 2. The van der Waals surface area contributed by atoms with Gasteiger partial charge in [-0.1, -0.05) is 36.7 Å². The lowest BCUT2D eigenvalue weighted by molar-refractivity contribution is 0.137. The molecule has 0 saturated carbocycles. The monoisotopic (exact) mass is 308 g/mol. The van der Waals surface area contributed by atoms with Crippen molar-refractivity contribution in [3.63, 3.8) is 0 Å². The van der Waals surface area contributed by atoms with Crippen molar-refractivity contribution in [1.29, 1.82) is 0 Å². The minimum atomic E-state index is -0.494. The second-order valence-corrected chi connectivity index (χ2v) is 5.37. The van der Waals surface area contributed by atoms with Crippen LogP contribution in [0.5, 0.6) is 5.75 Å². The van der Waals surface area contributed by atoms with Gasteiger partial charge in [-0.25, -0.2) is 0 Å². The fourth-order valence-electron chi connectivity index (χ4n) is 2.20. The summed E-state index contributed by atoms with van der Waals surface area (Å²) in [6, 6.07) is 9.59. The summed E-state index contributed by atoms with van der Waals surface area (Å²) in [5, 5.41) is 15.2. The van der Waals surface area contributed by atoms with Crippen LogP contribution in [0.15, 0.2) is 30.3 Å². The smallest absolute Gasteiger partial charge is 0.119 e. The fraction of sp³-hybridized carbons (Fsp3) is 0.438. The molecular formula is C16H21ClN2O2. The van der Waals surface area contributed by atoms with Crippen molar-refractivity contribution in [2.24, 2.45) is 7.05 Å². The molecule has 0 aliphatic carbocycles. The lowest BCUT2D eigenvalue weighted by atomic mass is 10.1. The number of ether oxygens (including phenoxy) is 1. The Kier molecular flexibility index (Phi) is 5.65. The third-order valence-electron chi connectivity index (χ3n) is 3.39. The number of hydrogen-bond donors (Lipinski definition) is 1. The molecule has 1 N–H and O–H groups in total. The highest BCUT2D eigenvalue weighted by atomic mass is 35.5. The summed E-state index contributed by atoms with van der Waals surface area (Å²) in [5.41, 5.74) is 1.75. The minimum absolute atomic E-state index is 0.473. The Balaban J connectivity index is 1.85. The molecule has 0 bridgehead atoms. The van der Waals surface area contributed by atoms with Crippen molar-refractivity contribution in [1.82, 2.24) is 9.78 Å². The molecule has 1 aromatic carbocycles. The first kappa shape index (κ1) is 15.9. The van der Waals surface area contributed by atoms with Gasteiger partial charge in [0.1, 0.15) is 5.75 Å². The van der Waals surface area contributed by atoms with Gasteiger partial charge in [-0.05, 0) is 18.6 Å². The summed E-state index contributed by atoms with van der Waals surface area (Å²) in [7, 11) is 1.85. The van der Waals surface area contributed by atoms with Gasteiger partial charge in [-0.15, -0.1) is 0 Å². The molecule has 21 heavy (non-hydrogen) atoms. The number of hydrogen-bond acceptors (Lipinski definition) is 3. The van der Waals surface area contributed by atoms with Gasteiger partial charge in [0.05, 0.1) is 29.1 Å². The summed E-state index contributed by atoms with van der Waals surface area (Å²) in [6.45, 7) is 2.49. The number of halogens is 1. The average Bonchev–Trinajstić information content (AvgIpc) is 2.76. The second kappa shape index (κ2) is 7.48. The molecule has 2 rings (SSSR count). The van der Waals surface area contributed by atoms with Crippen LogP contribution in [-0.4, -0.2) is 27.6 Å². The molecule has 114 valence electrons. The van der Waals surface area contributed by atoms with E-state index in [1.807, 2.05) is 44.3 Å². The van der Waals surface area contributed by atoms with Crippen LogP contribution in [0, 0.1) is 0 Å². The zero-order valence-electron chi connectivity index (χ0n) is 12.4. The number of benzene rings is 1. The number of aliphatic hydroxyl groups excluding tert-OH is 1. The Bertz CT molecular complexity index is 569. The number of aliphatic hydroxyl groups is 1. The van der Waals surface area contributed by atoms with Crippen LogP contribution in [0.3, 0.4) is 0 Å². The van der Waals surface area contributed by atoms with Crippen molar-refractivity contribution < 1.29 is 9.84 Å². The van der Waals surface area contributed by atoms with Crippen molar-refractivity contribution in [2.45, 2.75) is 32.3 Å². The first-order chi connectivity index (χ1) is 10.1. The van der Waals surface area contributed by atoms with Crippen LogP contribution in [0.4, 0.5) is 0 Å². The van der Waals surface area contributed by atoms with Gasteiger partial charge in [0.15, 0.2) is 0 Å². The molecule has 1 heterocycles. The van der Waals surface area contributed by atoms with E-state index in [2.05, 4.69) is 5.10 Å². The zero-order chi connectivity index (χ0) is 15.2. The SMILES string of the molecule is CCc1nn(C)c(CC(O)CCOc2ccccc2)c1Cl. The van der Waals surface area contributed by atoms with Crippen LogP contribution in [0.1, 0.15) is 24.7 Å². The highest BCUT2D eigenvalue weighted by Crippen LogP contribution is 2.22. The third kappa shape index (κ3) is 4.22. The number of aromatic nitrogens is 2. The molecule has 0 saturated heterocycles. The number of rotatable bonds is 7. The Morgan fingerprint density at radius 2 is 2.05 bits per heavy atom. The predicted octanol–water partition coefficient (Wildman–Crippen LogP) is 3.01. The summed E-state index contributed by atoms with van der Waals surface area (Å²) >= 11 is 6.28. The molecule has 2 aromatic rings. The third-order valence-corrected chi connectivity index (χ3v) is 3.83. The first-order valence-electron chi connectivity index (χ1n) is 7.18. The maximum atomic E-state index is 10.1. The Morgan fingerprint density at radius 1 is 1.33 bits per heavy atom. The van der Waals surface area contributed by atoms with Crippen LogP contribution >= 0.6 is 11.6 Å². The van der Waals surface area contributed by atoms with Gasteiger partial charge in [0.25, 0.3) is 0 Å². The van der Waals surface area contributed by atoms with Gasteiger partial charge in [-0.3, -0.25) is 4.68 Å². The van der Waals surface area contributed by atoms with Gasteiger partial charge in [-0.2, -0.15) is 5.10 Å². The van der Waals surface area contributed by atoms with Gasteiger partial charge >= 0.3 is 0 Å². The molecule has 5 heteroatoms. The molecular weight excluding hydrogens is 288 g/mol. The van der Waals surface area contributed by atoms with E-state index in [1.165, 1.54) is 0 Å². The summed E-state index contributed by atoms with van der Waals surface area (Å²) in [6.07, 6.45) is 1.34. The molecule has 0 fully saturated rings. The normalized spacial score (nSPS) is 12.4. The van der Waals surface area contributed by atoms with Crippen molar-refractivity contribution in [3.8, 4) is 5.75 Å². The maximum absolute atomic E-state index is 10.1. The van der Waals surface area contributed by atoms with Crippen LogP contribution in [0.25, 0.3) is 0 Å². The highest BCUT2D eigenvalue weighted by molar-refractivity contribution is 6.31. The van der Waals surface area contributed by atoms with E-state index in [1.54, 1.807) is 4.68 Å². The Hall–Kier alpha value is -1.52. The van der Waals surface area contributed by atoms with Gasteiger partial charge in [0, 0.05) is 19.9 Å². The maximum Gasteiger partial charge on any atom is 0.119 e. The highest BCUT2D eigenvalue weighted by Gasteiger charge is 2.16. The number of para-hydroxylation sites is 1. The molecule has 0 spiro atoms. The Morgan fingerprint density at radius 3 is 2.67 bits per heavy atom. The first-order valence-corrected chi connectivity index (χ1v) is 7.55. The van der Waals surface area contributed by atoms with E-state index in [0.717, 1.165) is 23.6 Å². The van der Waals surface area contributed by atoms with E-state index in [9.17, 15) is 5.11 Å². The lowest BCUT2D eigenvalue weighted by Crippen LogP contribution is -2.17. The van der Waals surface area contributed by atoms with Crippen molar-refractivity contribution >= 4 is 11.6 Å². The molecule has 4 nitrogen and oxygen atoms in total. The van der Waals surface area contributed by atoms with Crippen molar-refractivity contribution in [2.75, 3.05) is 6.61 Å². The summed E-state index contributed by atoms with van der Waals surface area (Å²) < 4.78 is 7.34. The largest absolute Gasteiger partial charge is 0.493 e. The molecule has 0 radical (unpaired) electrons. The summed E-state index contributed by atoms with van der Waals surface area (Å²) in [4.78, 5) is 0. The quantitative estimate of drug-likeness (QED) is 0.855. The molecule has 1 unspecified atom stereocenters. The van der Waals surface area contributed by atoms with Crippen LogP contribution < -0.4 is 4.74 Å². The Labute approximate surface area is 130 Å². The molecule has 0 amide bonds. The standard InChI is InChI=1S/C16H21ClN2O2/c1-3-14-16(17)15(19(2)18-14)11-12(20)9-10-21-13-7-5-4-6-8-13/h4-8,12,20H,3,9-11H2,1-2H3. The van der Waals surface area contributed by atoms with E-state index in [-0.39, 0.29) is 0 Å². The van der Waals surface area contributed by atoms with E-state index < -0.39 is 6.10 Å². The number of aryl methyl sites for hydroxylation is 2. The van der Waals surface area contributed by atoms with E-state index in [4.69, 9.17) is 16.3 Å². The molecule has 0 aliphatic rings. The second-order valence-electron chi connectivity index (χ2n) is 4.99. The van der Waals surface area contributed by atoms with E-state index in [0.29, 0.717) is 24.5 Å². The molecule has 1 atom stereocenters. The summed E-state index contributed by atoms with van der Waals surface area (Å²) in [5.74, 6) is 0.816. The zero-order valence-corrected chi connectivity index (χ0v) is 13.2. The fourth-order valence-corrected chi connectivity index (χ4v) is 2.57. The molecule has 1 aromatic heterocycles. The van der Waals surface area contributed by atoms with Crippen molar-refractivity contribution in [3.05, 3.63) is 46.7 Å². The van der Waals surface area contributed by atoms with Crippen LogP contribution in [0.2, 0.25) is 5.02 Å². The minimum Gasteiger partial charge on any atom is -0.493 e. The van der Waals surface area contributed by atoms with Crippen LogP contribution in [-0.2, 0) is 19.9 Å². The average molecular weight is 309 g/mol. The topological polar surface area (TPSA) is 47.3 Å². The molecule has 0 aliphatic heterocycles. The van der Waals surface area contributed by atoms with Gasteiger partial charge < -0.3 is 9.84 Å². The van der Waals surface area contributed by atoms with E-state index >= 15 is 0 Å².